The van der Waals surface area contributed by atoms with Gasteiger partial charge in [0.25, 0.3) is 0 Å². The van der Waals surface area contributed by atoms with Gasteiger partial charge in [-0.2, -0.15) is 5.10 Å². The average Bonchev–Trinajstić information content (AvgIpc) is 3.43. The van der Waals surface area contributed by atoms with E-state index in [-0.39, 0.29) is 36.1 Å². The number of likely N-dealkylation sites (tertiary alicyclic amines) is 1. The Bertz CT molecular complexity index is 869. The zero-order chi connectivity index (χ0) is 20.9. The Balaban J connectivity index is 0.00000272. The number of halogens is 2. The Morgan fingerprint density at radius 3 is 2.81 bits per heavy atom. The molecule has 0 amide bonds. The Kier molecular flexibility index (Phi) is 9.00. The Morgan fingerprint density at radius 2 is 2.13 bits per heavy atom. The standard InChI is InChI=1S/C22H31ClN6O.HI/c1-24-22(29-10-11-30-21(16-29)18-13-26-27(2)15-18)25-14-20(28-8-3-4-9-28)17-6-5-7-19(23)12-17;/h5-7,12-13,15,20-21H,3-4,8-11,14,16H2,1-2H3,(H,24,25);1H. The van der Waals surface area contributed by atoms with Crippen LogP contribution < -0.4 is 5.32 Å². The van der Waals surface area contributed by atoms with Gasteiger partial charge in [0.05, 0.1) is 25.4 Å². The van der Waals surface area contributed by atoms with Crippen LogP contribution in [0.4, 0.5) is 0 Å². The lowest BCUT2D eigenvalue weighted by molar-refractivity contribution is -0.00812. The van der Waals surface area contributed by atoms with Crippen LogP contribution in [0.3, 0.4) is 0 Å². The van der Waals surface area contributed by atoms with Crippen LogP contribution in [0.5, 0.6) is 0 Å². The molecule has 2 aromatic rings. The molecular formula is C22H32ClIN6O. The second-order valence-electron chi connectivity index (χ2n) is 7.99. The van der Waals surface area contributed by atoms with Gasteiger partial charge in [0, 0.05) is 44.0 Å². The normalized spacial score (nSPS) is 21.1. The lowest BCUT2D eigenvalue weighted by Crippen LogP contribution is -2.49. The number of benzene rings is 1. The summed E-state index contributed by atoms with van der Waals surface area (Å²) in [4.78, 5) is 9.39. The SMILES string of the molecule is CN=C(NCC(c1cccc(Cl)c1)N1CCCC1)N1CCOC(c2cnn(C)c2)C1.I. The van der Waals surface area contributed by atoms with Crippen molar-refractivity contribution in [2.45, 2.75) is 25.0 Å². The topological polar surface area (TPSA) is 57.9 Å². The summed E-state index contributed by atoms with van der Waals surface area (Å²) in [5, 5.41) is 8.69. The van der Waals surface area contributed by atoms with E-state index in [9.17, 15) is 0 Å². The predicted molar refractivity (Wildman–Crippen MR) is 135 cm³/mol. The number of morpholine rings is 1. The summed E-state index contributed by atoms with van der Waals surface area (Å²) in [5.74, 6) is 0.915. The van der Waals surface area contributed by atoms with Crippen molar-refractivity contribution in [2.24, 2.45) is 12.0 Å². The number of aromatic nitrogens is 2. The third kappa shape index (κ3) is 6.12. The van der Waals surface area contributed by atoms with E-state index in [0.29, 0.717) is 6.61 Å². The highest BCUT2D eigenvalue weighted by Gasteiger charge is 2.27. The molecule has 0 saturated carbocycles. The first-order chi connectivity index (χ1) is 14.6. The molecule has 0 bridgehead atoms. The summed E-state index contributed by atoms with van der Waals surface area (Å²) >= 11 is 6.29. The van der Waals surface area contributed by atoms with Gasteiger partial charge < -0.3 is 15.0 Å². The van der Waals surface area contributed by atoms with Crippen LogP contribution in [-0.4, -0.2) is 71.9 Å². The van der Waals surface area contributed by atoms with E-state index < -0.39 is 0 Å². The molecule has 2 aliphatic heterocycles. The summed E-state index contributed by atoms with van der Waals surface area (Å²) in [7, 11) is 3.78. The highest BCUT2D eigenvalue weighted by Crippen LogP contribution is 2.27. The van der Waals surface area contributed by atoms with Crippen molar-refractivity contribution >= 4 is 41.5 Å². The molecule has 4 rings (SSSR count). The van der Waals surface area contributed by atoms with Crippen LogP contribution in [0.2, 0.25) is 5.02 Å². The van der Waals surface area contributed by atoms with Gasteiger partial charge in [-0.15, -0.1) is 24.0 Å². The van der Waals surface area contributed by atoms with Crippen LogP contribution in [0.15, 0.2) is 41.7 Å². The van der Waals surface area contributed by atoms with Crippen molar-refractivity contribution in [3.05, 3.63) is 52.8 Å². The number of hydrogen-bond acceptors (Lipinski definition) is 4. The minimum atomic E-state index is 0. The molecule has 0 radical (unpaired) electrons. The van der Waals surface area contributed by atoms with Gasteiger partial charge in [0.15, 0.2) is 5.96 Å². The largest absolute Gasteiger partial charge is 0.370 e. The smallest absolute Gasteiger partial charge is 0.193 e. The van der Waals surface area contributed by atoms with Crippen LogP contribution in [0.1, 0.15) is 36.1 Å². The van der Waals surface area contributed by atoms with Crippen molar-refractivity contribution in [3.63, 3.8) is 0 Å². The third-order valence-corrected chi connectivity index (χ3v) is 6.18. The van der Waals surface area contributed by atoms with E-state index in [0.717, 1.165) is 49.3 Å². The van der Waals surface area contributed by atoms with Gasteiger partial charge >= 0.3 is 0 Å². The Hall–Kier alpha value is -1.36. The number of ether oxygens (including phenoxy) is 1. The van der Waals surface area contributed by atoms with Crippen LogP contribution >= 0.6 is 35.6 Å². The van der Waals surface area contributed by atoms with Gasteiger partial charge in [0.1, 0.15) is 6.10 Å². The monoisotopic (exact) mass is 558 g/mol. The van der Waals surface area contributed by atoms with Gasteiger partial charge in [-0.25, -0.2) is 0 Å². The van der Waals surface area contributed by atoms with Gasteiger partial charge in [0.2, 0.25) is 0 Å². The van der Waals surface area contributed by atoms with Gasteiger partial charge in [-0.1, -0.05) is 23.7 Å². The van der Waals surface area contributed by atoms with Gasteiger partial charge in [-0.05, 0) is 43.6 Å². The summed E-state index contributed by atoms with van der Waals surface area (Å²) in [5.41, 5.74) is 2.36. The number of guanidine groups is 1. The average molecular weight is 559 g/mol. The molecule has 170 valence electrons. The summed E-state index contributed by atoms with van der Waals surface area (Å²) in [6.07, 6.45) is 6.41. The summed E-state index contributed by atoms with van der Waals surface area (Å²) in [6.45, 7) is 5.29. The van der Waals surface area contributed by atoms with Crippen molar-refractivity contribution in [1.82, 2.24) is 24.9 Å². The number of nitrogens with zero attached hydrogens (tertiary/aromatic N) is 5. The maximum Gasteiger partial charge on any atom is 0.193 e. The second-order valence-corrected chi connectivity index (χ2v) is 8.43. The van der Waals surface area contributed by atoms with Crippen molar-refractivity contribution in [3.8, 4) is 0 Å². The lowest BCUT2D eigenvalue weighted by Gasteiger charge is -2.36. The van der Waals surface area contributed by atoms with Crippen molar-refractivity contribution in [1.29, 1.82) is 0 Å². The zero-order valence-electron chi connectivity index (χ0n) is 18.2. The molecule has 7 nitrogen and oxygen atoms in total. The van der Waals surface area contributed by atoms with Crippen LogP contribution in [0.25, 0.3) is 0 Å². The third-order valence-electron chi connectivity index (χ3n) is 5.94. The molecule has 0 spiro atoms. The Morgan fingerprint density at radius 1 is 1.32 bits per heavy atom. The number of rotatable bonds is 5. The molecule has 2 fully saturated rings. The fourth-order valence-corrected chi connectivity index (χ4v) is 4.59. The lowest BCUT2D eigenvalue weighted by atomic mass is 10.1. The first-order valence-corrected chi connectivity index (χ1v) is 11.1. The fraction of sp³-hybridized carbons (Fsp3) is 0.545. The molecule has 3 heterocycles. The first-order valence-electron chi connectivity index (χ1n) is 10.7. The van der Waals surface area contributed by atoms with E-state index >= 15 is 0 Å². The summed E-state index contributed by atoms with van der Waals surface area (Å²) in [6, 6.07) is 8.51. The minimum absolute atomic E-state index is 0. The second kappa shape index (κ2) is 11.5. The van der Waals surface area contributed by atoms with Crippen molar-refractivity contribution < 1.29 is 4.74 Å². The van der Waals surface area contributed by atoms with E-state index in [1.165, 1.54) is 18.4 Å². The molecule has 31 heavy (non-hydrogen) atoms. The molecule has 1 aromatic carbocycles. The molecule has 2 atom stereocenters. The van der Waals surface area contributed by atoms with Gasteiger partial charge in [-0.3, -0.25) is 14.6 Å². The minimum Gasteiger partial charge on any atom is -0.370 e. The molecule has 9 heteroatoms. The maximum absolute atomic E-state index is 6.29. The molecule has 2 unspecified atom stereocenters. The molecule has 1 N–H and O–H groups in total. The molecule has 2 saturated heterocycles. The number of nitrogens with one attached hydrogen (secondary N) is 1. The number of aliphatic imine (C=N–C) groups is 1. The quantitative estimate of drug-likeness (QED) is 0.346. The zero-order valence-corrected chi connectivity index (χ0v) is 21.3. The summed E-state index contributed by atoms with van der Waals surface area (Å²) < 4.78 is 7.81. The first kappa shape index (κ1) is 24.3. The molecule has 0 aliphatic carbocycles. The number of aryl methyl sites for hydroxylation is 1. The van der Waals surface area contributed by atoms with E-state index in [4.69, 9.17) is 16.3 Å². The van der Waals surface area contributed by atoms with Crippen molar-refractivity contribution in [2.75, 3.05) is 46.4 Å². The Labute approximate surface area is 206 Å². The van der Waals surface area contributed by atoms with Crippen LogP contribution in [-0.2, 0) is 11.8 Å². The predicted octanol–water partition coefficient (Wildman–Crippen LogP) is 3.48. The molecule has 2 aliphatic rings. The van der Waals surface area contributed by atoms with Crippen LogP contribution in [0, 0.1) is 0 Å². The molecule has 1 aromatic heterocycles. The highest BCUT2D eigenvalue weighted by atomic mass is 127. The van der Waals surface area contributed by atoms with E-state index in [1.807, 2.05) is 43.3 Å². The molecular weight excluding hydrogens is 527 g/mol. The maximum atomic E-state index is 6.29. The van der Waals surface area contributed by atoms with E-state index in [1.54, 1.807) is 0 Å². The van der Waals surface area contributed by atoms with E-state index in [2.05, 4.69) is 37.3 Å². The highest BCUT2D eigenvalue weighted by molar-refractivity contribution is 14.0. The fourth-order valence-electron chi connectivity index (χ4n) is 4.39. The number of hydrogen-bond donors (Lipinski definition) is 1.